The summed E-state index contributed by atoms with van der Waals surface area (Å²) in [4.78, 5) is 12.6. The van der Waals surface area contributed by atoms with Crippen LogP contribution in [0.25, 0.3) is 10.8 Å². The number of Topliss-reactive ketones (excluding diaryl/α,β-unsaturated/α-hetero) is 1. The third kappa shape index (κ3) is 2.11. The number of rotatable bonds is 2. The van der Waals surface area contributed by atoms with Crippen molar-refractivity contribution in [2.24, 2.45) is 11.8 Å². The van der Waals surface area contributed by atoms with Crippen molar-refractivity contribution in [1.29, 1.82) is 0 Å². The molecule has 3 aliphatic rings. The molecule has 3 aliphatic carbocycles. The first kappa shape index (κ1) is 15.4. The van der Waals surface area contributed by atoms with E-state index < -0.39 is 0 Å². The van der Waals surface area contributed by atoms with E-state index >= 15 is 0 Å². The zero-order valence-electron chi connectivity index (χ0n) is 15.2. The predicted molar refractivity (Wildman–Crippen MR) is 103 cm³/mol. The summed E-state index contributed by atoms with van der Waals surface area (Å²) in [5.74, 6) is 2.26. The Morgan fingerprint density at radius 3 is 2.84 bits per heavy atom. The Bertz CT molecular complexity index is 906. The lowest BCUT2D eigenvalue weighted by atomic mass is 9.62. The SMILES string of the molecule is CCC(C)c1cccc2cc3c(cc12)C1(CC(=O)C3)CC2C=CC1C2. The van der Waals surface area contributed by atoms with Gasteiger partial charge in [0.15, 0.2) is 0 Å². The maximum atomic E-state index is 12.6. The van der Waals surface area contributed by atoms with Crippen LogP contribution in [0.4, 0.5) is 0 Å². The third-order valence-corrected chi connectivity index (χ3v) is 7.23. The van der Waals surface area contributed by atoms with E-state index in [1.165, 1.54) is 40.3 Å². The summed E-state index contributed by atoms with van der Waals surface area (Å²) in [5, 5.41) is 2.72. The fraction of sp³-hybridized carbons (Fsp3) is 0.458. The van der Waals surface area contributed by atoms with Gasteiger partial charge in [-0.25, -0.2) is 0 Å². The average Bonchev–Trinajstić information content (AvgIpc) is 3.20. The molecule has 0 heterocycles. The second-order valence-corrected chi connectivity index (χ2v) is 8.63. The van der Waals surface area contributed by atoms with E-state index in [-0.39, 0.29) is 5.41 Å². The molecule has 1 fully saturated rings. The third-order valence-electron chi connectivity index (χ3n) is 7.23. The molecule has 5 rings (SSSR count). The van der Waals surface area contributed by atoms with Crippen LogP contribution in [0.15, 0.2) is 42.5 Å². The van der Waals surface area contributed by atoms with E-state index in [1.807, 2.05) is 0 Å². The lowest BCUT2D eigenvalue weighted by Crippen LogP contribution is -2.38. The minimum absolute atomic E-state index is 0.0842. The monoisotopic (exact) mass is 330 g/mol. The molecule has 2 aromatic rings. The maximum absolute atomic E-state index is 12.6. The molecule has 1 spiro atoms. The summed E-state index contributed by atoms with van der Waals surface area (Å²) in [5.41, 5.74) is 4.34. The molecule has 4 unspecified atom stereocenters. The van der Waals surface area contributed by atoms with Crippen molar-refractivity contribution >= 4 is 16.6 Å². The Labute approximate surface area is 150 Å². The minimum Gasteiger partial charge on any atom is -0.299 e. The molecule has 0 amide bonds. The van der Waals surface area contributed by atoms with Gasteiger partial charge in [-0.15, -0.1) is 0 Å². The zero-order chi connectivity index (χ0) is 17.2. The Hall–Kier alpha value is -1.89. The van der Waals surface area contributed by atoms with Crippen LogP contribution in [0.2, 0.25) is 0 Å². The summed E-state index contributed by atoms with van der Waals surface area (Å²) in [6.45, 7) is 4.59. The highest BCUT2D eigenvalue weighted by atomic mass is 16.1. The lowest BCUT2D eigenvalue weighted by molar-refractivity contribution is -0.120. The molecule has 0 radical (unpaired) electrons. The number of fused-ring (bicyclic) bond motifs is 6. The molecule has 2 bridgehead atoms. The number of hydrogen-bond donors (Lipinski definition) is 0. The number of benzene rings is 2. The number of carbonyl (C=O) groups is 1. The van der Waals surface area contributed by atoms with Gasteiger partial charge in [-0.05, 0) is 70.5 Å². The lowest BCUT2D eigenvalue weighted by Gasteiger charge is -2.40. The van der Waals surface area contributed by atoms with Gasteiger partial charge < -0.3 is 0 Å². The number of allylic oxidation sites excluding steroid dienone is 2. The fourth-order valence-electron chi connectivity index (χ4n) is 5.85. The van der Waals surface area contributed by atoms with Gasteiger partial charge in [-0.2, -0.15) is 0 Å². The summed E-state index contributed by atoms with van der Waals surface area (Å²) in [6.07, 6.45) is 9.75. The van der Waals surface area contributed by atoms with Gasteiger partial charge in [0.05, 0.1) is 0 Å². The summed E-state index contributed by atoms with van der Waals surface area (Å²) in [7, 11) is 0. The normalized spacial score (nSPS) is 31.0. The standard InChI is InChI=1S/C24H26O/c1-3-15(2)21-6-4-5-17-10-18-11-20(25)14-24(23(18)12-22(17)21)13-16-7-8-19(24)9-16/h4-8,10,12,15-16,19H,3,9,11,13-14H2,1-2H3. The number of ketones is 1. The van der Waals surface area contributed by atoms with Gasteiger partial charge in [0.1, 0.15) is 5.78 Å². The molecule has 25 heavy (non-hydrogen) atoms. The minimum atomic E-state index is 0.0842. The Kier molecular flexibility index (Phi) is 3.26. The van der Waals surface area contributed by atoms with Crippen LogP contribution in [0.5, 0.6) is 0 Å². The summed E-state index contributed by atoms with van der Waals surface area (Å²) < 4.78 is 0. The molecule has 128 valence electrons. The first-order valence-electron chi connectivity index (χ1n) is 9.87. The van der Waals surface area contributed by atoms with Gasteiger partial charge in [0.25, 0.3) is 0 Å². The number of hydrogen-bond acceptors (Lipinski definition) is 1. The van der Waals surface area contributed by atoms with E-state index in [2.05, 4.69) is 56.3 Å². The van der Waals surface area contributed by atoms with E-state index in [0.717, 1.165) is 12.8 Å². The van der Waals surface area contributed by atoms with Gasteiger partial charge >= 0.3 is 0 Å². The van der Waals surface area contributed by atoms with Crippen molar-refractivity contribution in [3.05, 3.63) is 59.2 Å². The first-order valence-corrected chi connectivity index (χ1v) is 9.87. The van der Waals surface area contributed by atoms with E-state index in [0.29, 0.717) is 30.0 Å². The van der Waals surface area contributed by atoms with Gasteiger partial charge in [0, 0.05) is 18.3 Å². The molecule has 0 aliphatic heterocycles. The molecule has 0 N–H and O–H groups in total. The van der Waals surface area contributed by atoms with Crippen LogP contribution >= 0.6 is 0 Å². The smallest absolute Gasteiger partial charge is 0.138 e. The molecule has 1 nitrogen and oxygen atoms in total. The highest BCUT2D eigenvalue weighted by Crippen LogP contribution is 2.58. The Morgan fingerprint density at radius 1 is 1.24 bits per heavy atom. The summed E-state index contributed by atoms with van der Waals surface area (Å²) in [6, 6.07) is 11.5. The Morgan fingerprint density at radius 2 is 2.12 bits per heavy atom. The second kappa shape index (κ2) is 5.30. The fourth-order valence-corrected chi connectivity index (χ4v) is 5.85. The highest BCUT2D eigenvalue weighted by Gasteiger charge is 2.52. The number of carbonyl (C=O) groups excluding carboxylic acids is 1. The largest absolute Gasteiger partial charge is 0.299 e. The molecular weight excluding hydrogens is 304 g/mol. The van der Waals surface area contributed by atoms with Crippen molar-refractivity contribution in [1.82, 2.24) is 0 Å². The first-order chi connectivity index (χ1) is 12.1. The molecule has 1 saturated carbocycles. The average molecular weight is 330 g/mol. The van der Waals surface area contributed by atoms with Crippen LogP contribution in [-0.2, 0) is 16.6 Å². The van der Waals surface area contributed by atoms with E-state index in [1.54, 1.807) is 0 Å². The highest BCUT2D eigenvalue weighted by molar-refractivity contribution is 5.92. The molecule has 1 heteroatoms. The van der Waals surface area contributed by atoms with Gasteiger partial charge in [-0.3, -0.25) is 4.79 Å². The molecule has 4 atom stereocenters. The summed E-state index contributed by atoms with van der Waals surface area (Å²) >= 11 is 0. The van der Waals surface area contributed by atoms with Crippen molar-refractivity contribution in [2.45, 2.75) is 57.3 Å². The van der Waals surface area contributed by atoms with E-state index in [9.17, 15) is 4.79 Å². The van der Waals surface area contributed by atoms with Crippen molar-refractivity contribution < 1.29 is 4.79 Å². The molecule has 0 saturated heterocycles. The second-order valence-electron chi connectivity index (χ2n) is 8.63. The van der Waals surface area contributed by atoms with Crippen molar-refractivity contribution in [3.8, 4) is 0 Å². The quantitative estimate of drug-likeness (QED) is 0.645. The zero-order valence-corrected chi connectivity index (χ0v) is 15.2. The van der Waals surface area contributed by atoms with Crippen LogP contribution < -0.4 is 0 Å². The van der Waals surface area contributed by atoms with E-state index in [4.69, 9.17) is 0 Å². The van der Waals surface area contributed by atoms with Crippen molar-refractivity contribution in [2.75, 3.05) is 0 Å². The van der Waals surface area contributed by atoms with Gasteiger partial charge in [-0.1, -0.05) is 50.3 Å². The predicted octanol–water partition coefficient (Wildman–Crippen LogP) is 5.70. The topological polar surface area (TPSA) is 17.1 Å². The maximum Gasteiger partial charge on any atom is 0.138 e. The van der Waals surface area contributed by atoms with Crippen LogP contribution in [0, 0.1) is 11.8 Å². The molecule has 0 aromatic heterocycles. The van der Waals surface area contributed by atoms with Crippen LogP contribution in [0.3, 0.4) is 0 Å². The van der Waals surface area contributed by atoms with Crippen LogP contribution in [-0.4, -0.2) is 5.78 Å². The Balaban J connectivity index is 1.76. The van der Waals surface area contributed by atoms with Crippen LogP contribution in [0.1, 0.15) is 62.1 Å². The van der Waals surface area contributed by atoms with Crippen molar-refractivity contribution in [3.63, 3.8) is 0 Å². The van der Waals surface area contributed by atoms with Gasteiger partial charge in [0.2, 0.25) is 0 Å². The molecular formula is C24H26O. The molecule has 2 aromatic carbocycles.